The highest BCUT2D eigenvalue weighted by Gasteiger charge is 2.18. The number of hydrogen-bond donors (Lipinski definition) is 2. The molecule has 2 rings (SSSR count). The fourth-order valence-corrected chi connectivity index (χ4v) is 3.72. The molecule has 1 atom stereocenters. The number of nitro groups is 1. The molecule has 1 amide bonds. The summed E-state index contributed by atoms with van der Waals surface area (Å²) in [4.78, 5) is 22.5. The molecule has 0 fully saturated rings. The largest absolute Gasteiger partial charge is 0.322 e. The van der Waals surface area contributed by atoms with Crippen LogP contribution < -0.4 is 10.0 Å². The van der Waals surface area contributed by atoms with Gasteiger partial charge in [-0.25, -0.2) is 13.1 Å². The van der Waals surface area contributed by atoms with Gasteiger partial charge < -0.3 is 5.32 Å². The van der Waals surface area contributed by atoms with Gasteiger partial charge in [0.1, 0.15) is 0 Å². The summed E-state index contributed by atoms with van der Waals surface area (Å²) < 4.78 is 27.0. The molecule has 0 unspecified atom stereocenters. The Balaban J connectivity index is 2.15. The Hall–Kier alpha value is -2.49. The van der Waals surface area contributed by atoms with Crippen LogP contribution in [0.2, 0.25) is 5.02 Å². The minimum absolute atomic E-state index is 0.0568. The number of non-ortho nitro benzene ring substituents is 1. The zero-order valence-corrected chi connectivity index (χ0v) is 16.2. The quantitative estimate of drug-likeness (QED) is 0.533. The second kappa shape index (κ2) is 8.47. The zero-order chi connectivity index (χ0) is 20.2. The third-order valence-electron chi connectivity index (χ3n) is 3.80. The lowest BCUT2D eigenvalue weighted by Crippen LogP contribution is -2.31. The van der Waals surface area contributed by atoms with Crippen LogP contribution in [0.5, 0.6) is 0 Å². The Labute approximate surface area is 161 Å². The minimum atomic E-state index is -3.64. The number of carbonyl (C=O) groups excluding carboxylic acids is 1. The summed E-state index contributed by atoms with van der Waals surface area (Å²) in [5, 5.41) is 13.2. The summed E-state index contributed by atoms with van der Waals surface area (Å²) in [5.74, 6) is -0.566. The number of benzene rings is 2. The number of amides is 1. The molecule has 0 saturated carbocycles. The van der Waals surface area contributed by atoms with Crippen molar-refractivity contribution in [2.45, 2.75) is 31.2 Å². The third-order valence-corrected chi connectivity index (χ3v) is 5.72. The molecular weight excluding hydrogens is 394 g/mol. The normalized spacial score (nSPS) is 12.4. The number of nitro benzene ring substituents is 1. The van der Waals surface area contributed by atoms with E-state index in [1.807, 2.05) is 6.92 Å². The first-order valence-electron chi connectivity index (χ1n) is 8.01. The molecule has 0 radical (unpaired) electrons. The highest BCUT2D eigenvalue weighted by atomic mass is 35.5. The van der Waals surface area contributed by atoms with Crippen molar-refractivity contribution in [2.24, 2.45) is 0 Å². The Morgan fingerprint density at radius 3 is 2.37 bits per heavy atom. The van der Waals surface area contributed by atoms with Gasteiger partial charge in [0.05, 0.1) is 20.4 Å². The summed E-state index contributed by atoms with van der Waals surface area (Å²) in [6.45, 7) is 3.63. The van der Waals surface area contributed by atoms with Crippen molar-refractivity contribution in [1.82, 2.24) is 4.72 Å². The third kappa shape index (κ3) is 5.25. The van der Waals surface area contributed by atoms with Gasteiger partial charge in [0.15, 0.2) is 0 Å². The first-order valence-corrected chi connectivity index (χ1v) is 9.88. The van der Waals surface area contributed by atoms with Gasteiger partial charge in [-0.15, -0.1) is 0 Å². The van der Waals surface area contributed by atoms with Crippen LogP contribution in [0.25, 0.3) is 0 Å². The fraction of sp³-hybridized carbons (Fsp3) is 0.235. The summed E-state index contributed by atoms with van der Waals surface area (Å²) in [7, 11) is -3.64. The maximum absolute atomic E-state index is 12.3. The summed E-state index contributed by atoms with van der Waals surface area (Å²) >= 11 is 5.93. The number of nitrogens with zero attached hydrogens (tertiary/aromatic N) is 1. The predicted octanol–water partition coefficient (Wildman–Crippen LogP) is 3.58. The second-order valence-electron chi connectivity index (χ2n) is 5.83. The van der Waals surface area contributed by atoms with E-state index in [0.29, 0.717) is 12.1 Å². The topological polar surface area (TPSA) is 118 Å². The van der Waals surface area contributed by atoms with Crippen LogP contribution in [0.3, 0.4) is 0 Å². The Morgan fingerprint density at radius 1 is 1.22 bits per heavy atom. The highest BCUT2D eigenvalue weighted by molar-refractivity contribution is 7.89. The van der Waals surface area contributed by atoms with E-state index >= 15 is 0 Å². The molecule has 144 valence electrons. The van der Waals surface area contributed by atoms with E-state index in [1.165, 1.54) is 36.4 Å². The predicted molar refractivity (Wildman–Crippen MR) is 103 cm³/mol. The maximum atomic E-state index is 12.3. The van der Waals surface area contributed by atoms with Crippen molar-refractivity contribution < 1.29 is 18.1 Å². The van der Waals surface area contributed by atoms with Crippen molar-refractivity contribution in [3.63, 3.8) is 0 Å². The Kier molecular flexibility index (Phi) is 6.53. The highest BCUT2D eigenvalue weighted by Crippen LogP contribution is 2.24. The van der Waals surface area contributed by atoms with Gasteiger partial charge >= 0.3 is 0 Å². The number of sulfonamides is 1. The number of rotatable bonds is 7. The Morgan fingerprint density at radius 2 is 1.85 bits per heavy atom. The van der Waals surface area contributed by atoms with Crippen LogP contribution in [-0.2, 0) is 10.0 Å². The molecule has 27 heavy (non-hydrogen) atoms. The minimum Gasteiger partial charge on any atom is -0.322 e. The molecule has 2 aromatic rings. The van der Waals surface area contributed by atoms with Crippen molar-refractivity contribution in [3.8, 4) is 0 Å². The molecule has 0 aliphatic heterocycles. The van der Waals surface area contributed by atoms with Gasteiger partial charge in [0.2, 0.25) is 10.0 Å². The summed E-state index contributed by atoms with van der Waals surface area (Å²) in [6, 6.07) is 8.97. The SMILES string of the molecule is CC[C@@H](C)NS(=O)(=O)c1ccc(NC(=O)c2ccc([N+](=O)[O-])cc2Cl)cc1. The van der Waals surface area contributed by atoms with Crippen molar-refractivity contribution in [3.05, 3.63) is 63.2 Å². The van der Waals surface area contributed by atoms with E-state index in [4.69, 9.17) is 11.6 Å². The van der Waals surface area contributed by atoms with Gasteiger partial charge in [-0.1, -0.05) is 18.5 Å². The average molecular weight is 412 g/mol. The zero-order valence-electron chi connectivity index (χ0n) is 14.6. The molecule has 0 aromatic heterocycles. The lowest BCUT2D eigenvalue weighted by Gasteiger charge is -2.12. The van der Waals surface area contributed by atoms with Crippen molar-refractivity contribution in [2.75, 3.05) is 5.32 Å². The fourth-order valence-electron chi connectivity index (χ4n) is 2.13. The van der Waals surface area contributed by atoms with Gasteiger partial charge in [-0.3, -0.25) is 14.9 Å². The van der Waals surface area contributed by atoms with Crippen LogP contribution in [0.1, 0.15) is 30.6 Å². The molecule has 0 aliphatic carbocycles. The molecule has 2 aromatic carbocycles. The monoisotopic (exact) mass is 411 g/mol. The van der Waals surface area contributed by atoms with Crippen LogP contribution in [-0.4, -0.2) is 25.3 Å². The summed E-state index contributed by atoms with van der Waals surface area (Å²) in [6.07, 6.45) is 0.656. The molecule has 0 bridgehead atoms. The van der Waals surface area contributed by atoms with Crippen molar-refractivity contribution >= 4 is 38.9 Å². The van der Waals surface area contributed by atoms with E-state index in [-0.39, 0.29) is 27.2 Å². The van der Waals surface area contributed by atoms with E-state index in [0.717, 1.165) is 6.07 Å². The van der Waals surface area contributed by atoms with Crippen LogP contribution in [0, 0.1) is 10.1 Å². The average Bonchev–Trinajstić information content (AvgIpc) is 2.61. The van der Waals surface area contributed by atoms with Gasteiger partial charge in [0.25, 0.3) is 11.6 Å². The molecule has 0 aliphatic rings. The van der Waals surface area contributed by atoms with Crippen LogP contribution >= 0.6 is 11.6 Å². The molecule has 0 spiro atoms. The van der Waals surface area contributed by atoms with Gasteiger partial charge in [-0.2, -0.15) is 0 Å². The maximum Gasteiger partial charge on any atom is 0.270 e. The number of halogens is 1. The Bertz CT molecular complexity index is 961. The van der Waals surface area contributed by atoms with Gasteiger partial charge in [-0.05, 0) is 43.7 Å². The smallest absolute Gasteiger partial charge is 0.270 e. The van der Waals surface area contributed by atoms with E-state index in [2.05, 4.69) is 10.0 Å². The molecule has 8 nitrogen and oxygen atoms in total. The van der Waals surface area contributed by atoms with Gasteiger partial charge in [0, 0.05) is 23.9 Å². The molecule has 2 N–H and O–H groups in total. The lowest BCUT2D eigenvalue weighted by atomic mass is 10.2. The summed E-state index contributed by atoms with van der Waals surface area (Å²) in [5.41, 5.74) is 0.203. The molecular formula is C17H18ClN3O5S. The molecule has 10 heteroatoms. The molecule has 0 saturated heterocycles. The standard InChI is InChI=1S/C17H18ClN3O5S/c1-3-11(2)20-27(25,26)14-7-4-12(5-8-14)19-17(22)15-9-6-13(21(23)24)10-16(15)18/h4-11,20H,3H2,1-2H3,(H,19,22)/t11-/m1/s1. The lowest BCUT2D eigenvalue weighted by molar-refractivity contribution is -0.384. The number of carbonyl (C=O) groups is 1. The van der Waals surface area contributed by atoms with Crippen molar-refractivity contribution in [1.29, 1.82) is 0 Å². The first kappa shape index (κ1) is 20.8. The van der Waals surface area contributed by atoms with E-state index < -0.39 is 20.9 Å². The number of anilines is 1. The number of hydrogen-bond acceptors (Lipinski definition) is 5. The van der Waals surface area contributed by atoms with E-state index in [1.54, 1.807) is 6.92 Å². The number of nitrogens with one attached hydrogen (secondary N) is 2. The van der Waals surface area contributed by atoms with Crippen LogP contribution in [0.4, 0.5) is 11.4 Å². The van der Waals surface area contributed by atoms with Crippen LogP contribution in [0.15, 0.2) is 47.4 Å². The second-order valence-corrected chi connectivity index (χ2v) is 7.95. The molecule has 0 heterocycles. The van der Waals surface area contributed by atoms with E-state index in [9.17, 15) is 23.3 Å². The first-order chi connectivity index (χ1) is 12.6.